The molecule has 2 N–H and O–H groups in total. The highest BCUT2D eigenvalue weighted by molar-refractivity contribution is 14.1. The van der Waals surface area contributed by atoms with Crippen LogP contribution in [0.3, 0.4) is 0 Å². The maximum absolute atomic E-state index is 12.1. The Labute approximate surface area is 154 Å². The third kappa shape index (κ3) is 3.34. The quantitative estimate of drug-likeness (QED) is 0.719. The van der Waals surface area contributed by atoms with Crippen molar-refractivity contribution in [2.45, 2.75) is 39.7 Å². The van der Waals surface area contributed by atoms with Gasteiger partial charge < -0.3 is 15.1 Å². The van der Waals surface area contributed by atoms with Crippen LogP contribution in [0, 0.1) is 8.99 Å². The zero-order valence-electron chi connectivity index (χ0n) is 14.1. The molecule has 24 heavy (non-hydrogen) atoms. The van der Waals surface area contributed by atoms with Gasteiger partial charge in [0.2, 0.25) is 0 Å². The van der Waals surface area contributed by atoms with E-state index >= 15 is 0 Å². The highest BCUT2D eigenvalue weighted by Crippen LogP contribution is 2.31. The van der Waals surface area contributed by atoms with E-state index in [1.807, 2.05) is 20.8 Å². The van der Waals surface area contributed by atoms with E-state index in [1.54, 1.807) is 5.06 Å². The number of fused-ring (bicyclic) bond motifs is 1. The molecule has 8 heteroatoms. The predicted molar refractivity (Wildman–Crippen MR) is 100 cm³/mol. The van der Waals surface area contributed by atoms with E-state index in [1.165, 1.54) is 6.33 Å². The predicted octanol–water partition coefficient (Wildman–Crippen LogP) is 2.76. The van der Waals surface area contributed by atoms with Crippen LogP contribution in [0.2, 0.25) is 0 Å². The van der Waals surface area contributed by atoms with Gasteiger partial charge in [0.25, 0.3) is 0 Å². The maximum Gasteiger partial charge on any atom is 0.330 e. The number of carbonyl (C=O) groups is 1. The van der Waals surface area contributed by atoms with Gasteiger partial charge in [-0.25, -0.2) is 14.8 Å². The number of aromatic nitrogens is 3. The van der Waals surface area contributed by atoms with Crippen molar-refractivity contribution in [3.05, 3.63) is 16.1 Å². The van der Waals surface area contributed by atoms with E-state index in [-0.39, 0.29) is 12.0 Å². The molecule has 1 unspecified atom stereocenters. The van der Waals surface area contributed by atoms with Gasteiger partial charge in [-0.1, -0.05) is 0 Å². The minimum Gasteiger partial charge on any atom is -0.383 e. The van der Waals surface area contributed by atoms with Crippen molar-refractivity contribution in [1.29, 1.82) is 0 Å². The molecule has 1 fully saturated rings. The molecule has 1 saturated heterocycles. The van der Waals surface area contributed by atoms with Crippen LogP contribution in [0.15, 0.2) is 12.5 Å². The first-order chi connectivity index (χ1) is 11.3. The first-order valence-electron chi connectivity index (χ1n) is 8.01. The van der Waals surface area contributed by atoms with Crippen molar-refractivity contribution in [3.63, 3.8) is 0 Å². The molecule has 7 nitrogen and oxygen atoms in total. The van der Waals surface area contributed by atoms with Crippen LogP contribution in [0.4, 0.5) is 5.82 Å². The Kier molecular flexibility index (Phi) is 4.69. The van der Waals surface area contributed by atoms with Crippen molar-refractivity contribution >= 4 is 45.4 Å². The summed E-state index contributed by atoms with van der Waals surface area (Å²) in [4.78, 5) is 26.2. The van der Waals surface area contributed by atoms with Crippen molar-refractivity contribution in [3.8, 4) is 0 Å². The van der Waals surface area contributed by atoms with Gasteiger partial charge in [-0.3, -0.25) is 0 Å². The van der Waals surface area contributed by atoms with E-state index in [4.69, 9.17) is 10.6 Å². The highest BCUT2D eigenvalue weighted by Gasteiger charge is 2.30. The number of nitrogens with two attached hydrogens (primary N) is 1. The molecule has 0 radical (unpaired) electrons. The van der Waals surface area contributed by atoms with Crippen LogP contribution in [0.5, 0.6) is 0 Å². The first kappa shape index (κ1) is 17.4. The van der Waals surface area contributed by atoms with Crippen molar-refractivity contribution in [2.24, 2.45) is 5.41 Å². The lowest BCUT2D eigenvalue weighted by Crippen LogP contribution is -2.40. The lowest BCUT2D eigenvalue weighted by Gasteiger charge is -2.33. The summed E-state index contributed by atoms with van der Waals surface area (Å²) in [6, 6.07) is 0.187. The second-order valence-electron chi connectivity index (χ2n) is 7.15. The number of carbonyl (C=O) groups excluding carboxylic acids is 1. The van der Waals surface area contributed by atoms with Gasteiger partial charge in [-0.15, -0.1) is 5.06 Å². The number of nitrogens with zero attached hydrogens (tertiary/aromatic N) is 4. The molecule has 0 aromatic carbocycles. The smallest absolute Gasteiger partial charge is 0.330 e. The second kappa shape index (κ2) is 6.47. The van der Waals surface area contributed by atoms with Gasteiger partial charge in [-0.2, -0.15) is 0 Å². The van der Waals surface area contributed by atoms with E-state index < -0.39 is 5.41 Å². The Morgan fingerprint density at radius 3 is 2.88 bits per heavy atom. The zero-order valence-corrected chi connectivity index (χ0v) is 16.3. The highest BCUT2D eigenvalue weighted by atomic mass is 127. The maximum atomic E-state index is 12.1. The molecule has 0 saturated carbocycles. The first-order valence-corrected chi connectivity index (χ1v) is 9.09. The normalized spacial score (nSPS) is 19.6. The second-order valence-corrected chi connectivity index (χ2v) is 8.32. The summed E-state index contributed by atoms with van der Waals surface area (Å²) in [6.45, 7) is 6.98. The number of hydrogen-bond donors (Lipinski definition) is 1. The van der Waals surface area contributed by atoms with Crippen LogP contribution in [-0.4, -0.2) is 38.7 Å². The van der Waals surface area contributed by atoms with Gasteiger partial charge in [-0.05, 0) is 56.2 Å². The summed E-state index contributed by atoms with van der Waals surface area (Å²) >= 11 is 2.26. The molecule has 3 heterocycles. The Hall–Kier alpha value is -1.42. The summed E-state index contributed by atoms with van der Waals surface area (Å²) in [5.41, 5.74) is 6.32. The van der Waals surface area contributed by atoms with E-state index in [0.29, 0.717) is 12.4 Å². The molecule has 0 aliphatic carbocycles. The third-order valence-corrected chi connectivity index (χ3v) is 4.99. The fourth-order valence-corrected chi connectivity index (χ4v) is 3.64. The molecule has 3 rings (SSSR count). The molecule has 2 aromatic heterocycles. The van der Waals surface area contributed by atoms with Crippen molar-refractivity contribution < 1.29 is 9.63 Å². The van der Waals surface area contributed by atoms with E-state index in [9.17, 15) is 4.79 Å². The van der Waals surface area contributed by atoms with Gasteiger partial charge in [0, 0.05) is 16.3 Å². The number of anilines is 1. The van der Waals surface area contributed by atoms with Gasteiger partial charge in [0.05, 0.1) is 23.4 Å². The molecular formula is C16H22IN5O2. The Balaban J connectivity index is 1.83. The number of halogens is 1. The average molecular weight is 443 g/mol. The molecule has 1 aliphatic rings. The Morgan fingerprint density at radius 1 is 1.42 bits per heavy atom. The Morgan fingerprint density at radius 2 is 2.17 bits per heavy atom. The number of hydroxylamine groups is 2. The van der Waals surface area contributed by atoms with E-state index in [2.05, 4.69) is 43.3 Å². The third-order valence-electron chi connectivity index (χ3n) is 4.17. The summed E-state index contributed by atoms with van der Waals surface area (Å²) in [5.74, 6) is 0.289. The molecule has 130 valence electrons. The molecule has 0 spiro atoms. The lowest BCUT2D eigenvalue weighted by molar-refractivity contribution is -0.206. The van der Waals surface area contributed by atoms with Gasteiger partial charge >= 0.3 is 5.97 Å². The monoisotopic (exact) mass is 443 g/mol. The van der Waals surface area contributed by atoms with Crippen molar-refractivity contribution in [2.75, 3.05) is 18.8 Å². The fourth-order valence-electron chi connectivity index (χ4n) is 2.83. The van der Waals surface area contributed by atoms with Crippen LogP contribution < -0.4 is 5.73 Å². The fraction of sp³-hybridized carbons (Fsp3) is 0.562. The van der Waals surface area contributed by atoms with Crippen LogP contribution in [0.25, 0.3) is 11.0 Å². The average Bonchev–Trinajstić information content (AvgIpc) is 2.85. The number of rotatable bonds is 2. The number of hydrogen-bond acceptors (Lipinski definition) is 6. The number of piperidine rings is 1. The zero-order chi connectivity index (χ0) is 17.5. The van der Waals surface area contributed by atoms with E-state index in [0.717, 1.165) is 34.0 Å². The minimum absolute atomic E-state index is 0.187. The minimum atomic E-state index is -0.510. The molecule has 0 bridgehead atoms. The number of nitrogen functional groups attached to an aromatic ring is 1. The topological polar surface area (TPSA) is 86.3 Å². The largest absolute Gasteiger partial charge is 0.383 e. The summed E-state index contributed by atoms with van der Waals surface area (Å²) < 4.78 is 3.16. The lowest BCUT2D eigenvalue weighted by atomic mass is 9.98. The summed E-state index contributed by atoms with van der Waals surface area (Å²) in [6.07, 6.45) is 5.51. The molecule has 1 atom stereocenters. The molecule has 1 aliphatic heterocycles. The van der Waals surface area contributed by atoms with Gasteiger partial charge in [0.1, 0.15) is 17.8 Å². The van der Waals surface area contributed by atoms with Crippen LogP contribution in [-0.2, 0) is 9.63 Å². The summed E-state index contributed by atoms with van der Waals surface area (Å²) in [5, 5.41) is 2.66. The van der Waals surface area contributed by atoms with Crippen molar-refractivity contribution in [1.82, 2.24) is 19.6 Å². The molecule has 0 amide bonds. The standard InChI is InChI=1S/C16H22IN5O2/c1-16(2,3)15(23)24-21-6-4-5-10(7-21)22-8-11(17)12-13(18)19-9-20-14(12)22/h8-10H,4-7H2,1-3H3,(H2,18,19,20). The SMILES string of the molecule is CC(C)(C)C(=O)ON1CCCC(n2cc(I)c3c(N)ncnc32)C1. The van der Waals surface area contributed by atoms with Crippen LogP contribution >= 0.6 is 22.6 Å². The van der Waals surface area contributed by atoms with Gasteiger partial charge in [0.15, 0.2) is 0 Å². The van der Waals surface area contributed by atoms with Crippen LogP contribution in [0.1, 0.15) is 39.7 Å². The molecular weight excluding hydrogens is 421 g/mol. The Bertz CT molecular complexity index is 768. The summed E-state index contributed by atoms with van der Waals surface area (Å²) in [7, 11) is 0. The molecule has 2 aromatic rings.